The molecule has 0 aromatic carbocycles. The molecule has 0 radical (unpaired) electrons. The topological polar surface area (TPSA) is 35.6 Å². The number of carbonyl (C=O) groups is 1. The van der Waals surface area contributed by atoms with Crippen LogP contribution in [0.15, 0.2) is 0 Å². The van der Waals surface area contributed by atoms with Crippen LogP contribution in [-0.4, -0.2) is 62.0 Å². The van der Waals surface area contributed by atoms with Crippen LogP contribution in [0.5, 0.6) is 0 Å². The number of hydrogen-bond donors (Lipinski definition) is 1. The lowest BCUT2D eigenvalue weighted by atomic mass is 10.0. The van der Waals surface area contributed by atoms with Crippen molar-refractivity contribution < 1.29 is 4.79 Å². The number of likely N-dealkylation sites (N-methyl/N-ethyl adjacent to an activating group) is 1. The maximum atomic E-state index is 12.3. The van der Waals surface area contributed by atoms with Crippen LogP contribution >= 0.6 is 0 Å². The summed E-state index contributed by atoms with van der Waals surface area (Å²) in [6.45, 7) is 3.98. The quantitative estimate of drug-likeness (QED) is 0.760. The molecule has 0 aromatic rings. The highest BCUT2D eigenvalue weighted by Crippen LogP contribution is 2.32. The van der Waals surface area contributed by atoms with Gasteiger partial charge < -0.3 is 15.1 Å². The lowest BCUT2D eigenvalue weighted by Crippen LogP contribution is -2.48. The highest BCUT2D eigenvalue weighted by Gasteiger charge is 2.36. The first-order valence-corrected chi connectivity index (χ1v) is 6.84. The summed E-state index contributed by atoms with van der Waals surface area (Å²) >= 11 is 0. The highest BCUT2D eigenvalue weighted by molar-refractivity contribution is 5.81. The molecule has 1 amide bonds. The first-order valence-electron chi connectivity index (χ1n) is 6.84. The van der Waals surface area contributed by atoms with Crippen LogP contribution < -0.4 is 5.32 Å². The van der Waals surface area contributed by atoms with Gasteiger partial charge in [-0.2, -0.15) is 0 Å². The normalized spacial score (nSPS) is 21.8. The lowest BCUT2D eigenvalue weighted by Gasteiger charge is -2.35. The molecule has 1 aliphatic carbocycles. The number of piperidine rings is 1. The van der Waals surface area contributed by atoms with Gasteiger partial charge in [-0.1, -0.05) is 0 Å². The molecule has 4 nitrogen and oxygen atoms in total. The second-order valence-electron chi connectivity index (χ2n) is 5.59. The molecule has 17 heavy (non-hydrogen) atoms. The van der Waals surface area contributed by atoms with Crippen molar-refractivity contribution >= 4 is 5.91 Å². The highest BCUT2D eigenvalue weighted by atomic mass is 16.2. The van der Waals surface area contributed by atoms with Crippen molar-refractivity contribution in [1.82, 2.24) is 15.1 Å². The molecule has 0 unspecified atom stereocenters. The number of rotatable bonds is 5. The van der Waals surface area contributed by atoms with Gasteiger partial charge in [-0.05, 0) is 52.9 Å². The molecule has 4 heteroatoms. The van der Waals surface area contributed by atoms with Crippen LogP contribution in [0.4, 0.5) is 0 Å². The molecule has 2 fully saturated rings. The van der Waals surface area contributed by atoms with Gasteiger partial charge in [-0.25, -0.2) is 0 Å². The van der Waals surface area contributed by atoms with E-state index in [1.54, 1.807) is 0 Å². The van der Waals surface area contributed by atoms with E-state index >= 15 is 0 Å². The molecule has 2 rings (SSSR count). The average molecular weight is 239 g/mol. The van der Waals surface area contributed by atoms with Crippen molar-refractivity contribution in [3.05, 3.63) is 0 Å². The van der Waals surface area contributed by atoms with Gasteiger partial charge in [-0.3, -0.25) is 4.79 Å². The molecule has 1 N–H and O–H groups in total. The van der Waals surface area contributed by atoms with E-state index in [-0.39, 0.29) is 0 Å². The van der Waals surface area contributed by atoms with Crippen molar-refractivity contribution in [3.8, 4) is 0 Å². The summed E-state index contributed by atoms with van der Waals surface area (Å²) in [6.07, 6.45) is 4.46. The summed E-state index contributed by atoms with van der Waals surface area (Å²) in [6, 6.07) is 0.476. The van der Waals surface area contributed by atoms with Gasteiger partial charge in [0, 0.05) is 25.0 Å². The van der Waals surface area contributed by atoms with E-state index in [1.807, 2.05) is 0 Å². The van der Waals surface area contributed by atoms with E-state index in [9.17, 15) is 4.79 Å². The Labute approximate surface area is 104 Å². The van der Waals surface area contributed by atoms with E-state index in [1.165, 1.54) is 0 Å². The predicted molar refractivity (Wildman–Crippen MR) is 68.9 cm³/mol. The Balaban J connectivity index is 1.92. The van der Waals surface area contributed by atoms with Crippen LogP contribution in [0.3, 0.4) is 0 Å². The fourth-order valence-corrected chi connectivity index (χ4v) is 2.46. The van der Waals surface area contributed by atoms with Gasteiger partial charge in [0.05, 0.1) is 0 Å². The SMILES string of the molecule is CN(C)CCN(C(=O)C1CC1)C1CCNCC1. The number of carbonyl (C=O) groups excluding carboxylic acids is 1. The van der Waals surface area contributed by atoms with Crippen LogP contribution in [0.25, 0.3) is 0 Å². The van der Waals surface area contributed by atoms with Crippen LogP contribution in [0.1, 0.15) is 25.7 Å². The molecular formula is C13H25N3O. The molecule has 98 valence electrons. The van der Waals surface area contributed by atoms with Gasteiger partial charge in [0.1, 0.15) is 0 Å². The number of hydrogen-bond acceptors (Lipinski definition) is 3. The predicted octanol–water partition coefficient (Wildman–Crippen LogP) is 0.539. The van der Waals surface area contributed by atoms with Crippen LogP contribution in [-0.2, 0) is 4.79 Å². The minimum Gasteiger partial charge on any atom is -0.338 e. The van der Waals surface area contributed by atoms with Gasteiger partial charge in [0.15, 0.2) is 0 Å². The minimum atomic E-state index is 0.354. The van der Waals surface area contributed by atoms with E-state index < -0.39 is 0 Å². The summed E-state index contributed by atoms with van der Waals surface area (Å²) < 4.78 is 0. The molecule has 1 heterocycles. The first-order chi connectivity index (χ1) is 8.18. The summed E-state index contributed by atoms with van der Waals surface area (Å²) in [5.41, 5.74) is 0. The average Bonchev–Trinajstić information content (AvgIpc) is 3.14. The van der Waals surface area contributed by atoms with Crippen LogP contribution in [0, 0.1) is 5.92 Å². The maximum Gasteiger partial charge on any atom is 0.225 e. The maximum absolute atomic E-state index is 12.3. The molecule has 0 atom stereocenters. The third-order valence-electron chi connectivity index (χ3n) is 3.75. The summed E-state index contributed by atoms with van der Waals surface area (Å²) in [5.74, 6) is 0.769. The monoisotopic (exact) mass is 239 g/mol. The summed E-state index contributed by atoms with van der Waals surface area (Å²) in [4.78, 5) is 16.6. The number of amides is 1. The Morgan fingerprint density at radius 3 is 2.29 bits per heavy atom. The lowest BCUT2D eigenvalue weighted by molar-refractivity contribution is -0.135. The van der Waals surface area contributed by atoms with E-state index in [0.717, 1.165) is 51.9 Å². The van der Waals surface area contributed by atoms with Gasteiger partial charge in [-0.15, -0.1) is 0 Å². The molecule has 1 saturated carbocycles. The number of nitrogens with one attached hydrogen (secondary N) is 1. The van der Waals surface area contributed by atoms with Crippen molar-refractivity contribution in [2.45, 2.75) is 31.7 Å². The Morgan fingerprint density at radius 1 is 1.12 bits per heavy atom. The molecule has 1 saturated heterocycles. The Kier molecular flexibility index (Phi) is 4.40. The van der Waals surface area contributed by atoms with Gasteiger partial charge in [0.2, 0.25) is 5.91 Å². The van der Waals surface area contributed by atoms with Crippen molar-refractivity contribution in [2.24, 2.45) is 5.92 Å². The van der Waals surface area contributed by atoms with Crippen molar-refractivity contribution in [1.29, 1.82) is 0 Å². The molecule has 0 aromatic heterocycles. The first kappa shape index (κ1) is 12.8. The zero-order valence-electron chi connectivity index (χ0n) is 11.1. The third kappa shape index (κ3) is 3.68. The zero-order valence-corrected chi connectivity index (χ0v) is 11.1. The van der Waals surface area contributed by atoms with Gasteiger partial charge in [0.25, 0.3) is 0 Å². The summed E-state index contributed by atoms with van der Waals surface area (Å²) in [7, 11) is 4.14. The fraction of sp³-hybridized carbons (Fsp3) is 0.923. The zero-order chi connectivity index (χ0) is 12.3. The van der Waals surface area contributed by atoms with Crippen LogP contribution in [0.2, 0.25) is 0 Å². The Morgan fingerprint density at radius 2 is 1.76 bits per heavy atom. The van der Waals surface area contributed by atoms with Crippen molar-refractivity contribution in [2.75, 3.05) is 40.3 Å². The largest absolute Gasteiger partial charge is 0.338 e. The van der Waals surface area contributed by atoms with E-state index in [4.69, 9.17) is 0 Å². The second-order valence-corrected chi connectivity index (χ2v) is 5.59. The van der Waals surface area contributed by atoms with E-state index in [2.05, 4.69) is 29.2 Å². The summed E-state index contributed by atoms with van der Waals surface area (Å²) in [5, 5.41) is 3.37. The molecule has 1 aliphatic heterocycles. The Hall–Kier alpha value is -0.610. The molecule has 0 bridgehead atoms. The Bertz CT molecular complexity index is 257. The fourth-order valence-electron chi connectivity index (χ4n) is 2.46. The number of nitrogens with zero attached hydrogens (tertiary/aromatic N) is 2. The second kappa shape index (κ2) is 5.83. The standard InChI is InChI=1S/C13H25N3O/c1-15(2)9-10-16(13(17)11-3-4-11)12-5-7-14-8-6-12/h11-12,14H,3-10H2,1-2H3. The minimum absolute atomic E-state index is 0.354. The van der Waals surface area contributed by atoms with E-state index in [0.29, 0.717) is 17.9 Å². The van der Waals surface area contributed by atoms with Gasteiger partial charge >= 0.3 is 0 Å². The third-order valence-corrected chi connectivity index (χ3v) is 3.75. The molecule has 2 aliphatic rings. The molecule has 0 spiro atoms. The van der Waals surface area contributed by atoms with Crippen molar-refractivity contribution in [3.63, 3.8) is 0 Å². The molecular weight excluding hydrogens is 214 g/mol. The smallest absolute Gasteiger partial charge is 0.225 e.